The molecule has 0 aliphatic rings. The van der Waals surface area contributed by atoms with Gasteiger partial charge in [-0.15, -0.1) is 0 Å². The number of fused-ring (bicyclic) bond motifs is 1. The summed E-state index contributed by atoms with van der Waals surface area (Å²) in [7, 11) is -7.53. The minimum atomic E-state index is -4.80. The van der Waals surface area contributed by atoms with Crippen LogP contribution in [0.2, 0.25) is 0 Å². The number of anilines is 1. The van der Waals surface area contributed by atoms with E-state index >= 15 is 0 Å². The van der Waals surface area contributed by atoms with Gasteiger partial charge in [0.25, 0.3) is 0 Å². The second-order valence-electron chi connectivity index (χ2n) is 8.51. The monoisotopic (exact) mass is 519 g/mol. The first-order valence-electron chi connectivity index (χ1n) is 10.9. The van der Waals surface area contributed by atoms with Gasteiger partial charge in [-0.3, -0.25) is 9.13 Å². The second-order valence-corrected chi connectivity index (χ2v) is 12.0. The van der Waals surface area contributed by atoms with Crippen LogP contribution in [0.1, 0.15) is 22.8 Å². The van der Waals surface area contributed by atoms with Crippen molar-refractivity contribution in [3.8, 4) is 11.5 Å². The van der Waals surface area contributed by atoms with Gasteiger partial charge in [0.1, 0.15) is 11.4 Å². The number of aryl methyl sites for hydroxylation is 1. The molecule has 1 unspecified atom stereocenters. The van der Waals surface area contributed by atoms with E-state index in [1.807, 2.05) is 61.3 Å². The molecule has 35 heavy (non-hydrogen) atoms. The second kappa shape index (κ2) is 9.74. The van der Waals surface area contributed by atoms with Crippen molar-refractivity contribution in [2.75, 3.05) is 24.7 Å². The van der Waals surface area contributed by atoms with Crippen molar-refractivity contribution >= 4 is 31.8 Å². The molecule has 12 heteroatoms. The zero-order chi connectivity index (χ0) is 25.4. The number of hydrogen-bond donors (Lipinski definition) is 5. The molecule has 2 heterocycles. The molecule has 5 N–H and O–H groups in total. The van der Waals surface area contributed by atoms with E-state index in [1.165, 1.54) is 6.07 Å². The van der Waals surface area contributed by atoms with Crippen LogP contribution in [0.5, 0.6) is 0 Å². The molecule has 0 bridgehead atoms. The Balaban J connectivity index is 1.51. The van der Waals surface area contributed by atoms with Crippen LogP contribution in [0.25, 0.3) is 22.4 Å². The Kier molecular flexibility index (Phi) is 7.06. The Morgan fingerprint density at radius 3 is 2.43 bits per heavy atom. The Bertz CT molecular complexity index is 1420. The van der Waals surface area contributed by atoms with Crippen LogP contribution in [-0.2, 0) is 15.6 Å². The van der Waals surface area contributed by atoms with Crippen LogP contribution in [-0.4, -0.2) is 49.3 Å². The standard InChI is InChI=1S/C23H27N3O7P2/c1-15-19(25-23(33-15)16-6-4-3-5-7-16)10-11-26(2)18-9-8-17-12-21(24-20(17)13-18)22(35(30,31)32)14-34(27,28)29/h3-9,12-13,22,24H,10-11,14H2,1-2H3,(H2,27,28,29)(H2,30,31,32). The average Bonchev–Trinajstić information content (AvgIpc) is 3.37. The lowest BCUT2D eigenvalue weighted by atomic mass is 10.2. The van der Waals surface area contributed by atoms with Gasteiger partial charge in [0.15, 0.2) is 0 Å². The van der Waals surface area contributed by atoms with Crippen molar-refractivity contribution in [3.05, 3.63) is 71.7 Å². The number of aromatic nitrogens is 2. The first kappa shape index (κ1) is 25.4. The summed E-state index contributed by atoms with van der Waals surface area (Å²) >= 11 is 0. The van der Waals surface area contributed by atoms with Crippen molar-refractivity contribution in [3.63, 3.8) is 0 Å². The number of likely N-dealkylation sites (N-methyl/N-ethyl adjacent to an activating group) is 1. The van der Waals surface area contributed by atoms with Gasteiger partial charge in [-0.05, 0) is 42.6 Å². The maximum absolute atomic E-state index is 11.9. The van der Waals surface area contributed by atoms with Crippen LogP contribution < -0.4 is 4.90 Å². The molecule has 0 saturated carbocycles. The predicted molar refractivity (Wildman–Crippen MR) is 134 cm³/mol. The maximum Gasteiger partial charge on any atom is 0.335 e. The molecule has 0 spiro atoms. The first-order valence-corrected chi connectivity index (χ1v) is 14.3. The van der Waals surface area contributed by atoms with Crippen molar-refractivity contribution in [2.45, 2.75) is 19.0 Å². The largest absolute Gasteiger partial charge is 0.441 e. The van der Waals surface area contributed by atoms with Crippen LogP contribution >= 0.6 is 15.2 Å². The van der Waals surface area contributed by atoms with Crippen molar-refractivity contribution in [1.82, 2.24) is 9.97 Å². The molecule has 2 aromatic carbocycles. The minimum absolute atomic E-state index is 0.0862. The van der Waals surface area contributed by atoms with Gasteiger partial charge < -0.3 is 33.9 Å². The highest BCUT2D eigenvalue weighted by Gasteiger charge is 2.37. The molecule has 4 rings (SSSR count). The topological polar surface area (TPSA) is 160 Å². The lowest BCUT2D eigenvalue weighted by Crippen LogP contribution is -2.20. The Morgan fingerprint density at radius 2 is 1.77 bits per heavy atom. The molecule has 1 atom stereocenters. The summed E-state index contributed by atoms with van der Waals surface area (Å²) in [5.74, 6) is 1.34. The summed E-state index contributed by atoms with van der Waals surface area (Å²) in [6.45, 7) is 2.53. The molecule has 2 aromatic heterocycles. The quantitative estimate of drug-likeness (QED) is 0.204. The van der Waals surface area contributed by atoms with E-state index in [1.54, 1.807) is 6.07 Å². The Labute approximate surface area is 202 Å². The molecule has 0 amide bonds. The smallest absolute Gasteiger partial charge is 0.335 e. The van der Waals surface area contributed by atoms with Crippen LogP contribution in [0.15, 0.2) is 59.0 Å². The fourth-order valence-corrected chi connectivity index (χ4v) is 6.57. The highest BCUT2D eigenvalue weighted by molar-refractivity contribution is 7.56. The first-order chi connectivity index (χ1) is 16.4. The zero-order valence-electron chi connectivity index (χ0n) is 19.2. The molecule has 0 aliphatic carbocycles. The van der Waals surface area contributed by atoms with Gasteiger partial charge in [-0.1, -0.05) is 24.3 Å². The number of nitrogens with zero attached hydrogens (tertiary/aromatic N) is 2. The molecule has 186 valence electrons. The number of rotatable bonds is 9. The van der Waals surface area contributed by atoms with Crippen LogP contribution in [0, 0.1) is 6.92 Å². The number of oxazole rings is 1. The Hall–Kier alpha value is -2.71. The third-order valence-electron chi connectivity index (χ3n) is 5.84. The molecular formula is C23H27N3O7P2. The summed E-state index contributed by atoms with van der Waals surface area (Å²) in [6, 6.07) is 16.7. The number of hydrogen-bond acceptors (Lipinski definition) is 5. The van der Waals surface area contributed by atoms with E-state index in [9.17, 15) is 28.7 Å². The number of H-pyrrole nitrogens is 1. The normalized spacial score (nSPS) is 13.3. The van der Waals surface area contributed by atoms with Crippen molar-refractivity contribution < 1.29 is 33.1 Å². The third-order valence-corrected chi connectivity index (χ3v) is 8.24. The van der Waals surface area contributed by atoms with E-state index in [0.717, 1.165) is 22.7 Å². The molecule has 0 fully saturated rings. The van der Waals surface area contributed by atoms with Gasteiger partial charge in [0.2, 0.25) is 5.89 Å². The van der Waals surface area contributed by atoms with E-state index in [4.69, 9.17) is 4.42 Å². The minimum Gasteiger partial charge on any atom is -0.441 e. The molecule has 0 radical (unpaired) electrons. The van der Waals surface area contributed by atoms with E-state index in [2.05, 4.69) is 9.97 Å². The summed E-state index contributed by atoms with van der Waals surface area (Å²) < 4.78 is 29.2. The van der Waals surface area contributed by atoms with Gasteiger partial charge in [-0.2, -0.15) is 0 Å². The number of benzene rings is 2. The van der Waals surface area contributed by atoms with Gasteiger partial charge in [-0.25, -0.2) is 4.98 Å². The maximum atomic E-state index is 11.9. The Morgan fingerprint density at radius 1 is 1.06 bits per heavy atom. The predicted octanol–water partition coefficient (Wildman–Crippen LogP) is 4.21. The highest BCUT2D eigenvalue weighted by Crippen LogP contribution is 2.57. The van der Waals surface area contributed by atoms with E-state index < -0.39 is 27.0 Å². The molecule has 0 saturated heterocycles. The third kappa shape index (κ3) is 6.11. The van der Waals surface area contributed by atoms with Gasteiger partial charge in [0.05, 0.1) is 11.9 Å². The molecule has 0 aliphatic heterocycles. The van der Waals surface area contributed by atoms with Crippen LogP contribution in [0.3, 0.4) is 0 Å². The fourth-order valence-electron chi connectivity index (χ4n) is 3.93. The van der Waals surface area contributed by atoms with Gasteiger partial charge >= 0.3 is 15.2 Å². The summed E-state index contributed by atoms with van der Waals surface area (Å²) in [5, 5.41) is 0.682. The summed E-state index contributed by atoms with van der Waals surface area (Å²) in [4.78, 5) is 47.5. The molecule has 4 aromatic rings. The number of aromatic amines is 1. The van der Waals surface area contributed by atoms with Crippen molar-refractivity contribution in [1.29, 1.82) is 0 Å². The van der Waals surface area contributed by atoms with Crippen molar-refractivity contribution in [2.24, 2.45) is 0 Å². The fraction of sp³-hybridized carbons (Fsp3) is 0.261. The summed E-state index contributed by atoms with van der Waals surface area (Å²) in [5.41, 5.74) is 1.71. The molecular weight excluding hydrogens is 492 g/mol. The zero-order valence-corrected chi connectivity index (χ0v) is 21.0. The van der Waals surface area contributed by atoms with E-state index in [-0.39, 0.29) is 5.69 Å². The van der Waals surface area contributed by atoms with Gasteiger partial charge in [0, 0.05) is 42.5 Å². The van der Waals surface area contributed by atoms with Crippen LogP contribution in [0.4, 0.5) is 5.69 Å². The lowest BCUT2D eigenvalue weighted by Gasteiger charge is -2.19. The lowest BCUT2D eigenvalue weighted by molar-refractivity contribution is 0.346. The SMILES string of the molecule is Cc1oc(-c2ccccc2)nc1CCN(C)c1ccc2cc(C(CP(=O)(O)O)P(=O)(O)O)[nH]c2c1. The van der Waals surface area contributed by atoms with E-state index in [0.29, 0.717) is 29.8 Å². The number of nitrogens with one attached hydrogen (secondary N) is 1. The summed E-state index contributed by atoms with van der Waals surface area (Å²) in [6.07, 6.45) is -0.297. The molecule has 10 nitrogen and oxygen atoms in total. The highest BCUT2D eigenvalue weighted by atomic mass is 31.2. The average molecular weight is 519 g/mol.